The van der Waals surface area contributed by atoms with Gasteiger partial charge in [-0.05, 0) is 44.0 Å². The van der Waals surface area contributed by atoms with Gasteiger partial charge in [-0.15, -0.1) is 0 Å². The standard InChI is InChI=1S/C23H24N4O4/c1-15-20(21(27-31-15)16-6-3-2-4-7-16)22(28)25-17-9-11-18(12-10-17)26-23(29)24-14-19-8-5-13-30-19/h2-4,6-7,9-12,19H,5,8,13-14H2,1H3,(H,25,28)(H2,24,26,29). The molecule has 8 nitrogen and oxygen atoms in total. The topological polar surface area (TPSA) is 105 Å². The lowest BCUT2D eigenvalue weighted by molar-refractivity contribution is 0.102. The Kier molecular flexibility index (Phi) is 6.28. The molecule has 0 radical (unpaired) electrons. The predicted octanol–water partition coefficient (Wildman–Crippen LogP) is 4.20. The normalized spacial score (nSPS) is 15.5. The van der Waals surface area contributed by atoms with E-state index in [1.807, 2.05) is 30.3 Å². The number of nitrogens with zero attached hydrogens (tertiary/aromatic N) is 1. The van der Waals surface area contributed by atoms with E-state index >= 15 is 0 Å². The molecule has 3 aromatic rings. The van der Waals surface area contributed by atoms with E-state index in [9.17, 15) is 9.59 Å². The molecule has 0 bridgehead atoms. The number of amides is 3. The fourth-order valence-electron chi connectivity index (χ4n) is 3.45. The zero-order valence-electron chi connectivity index (χ0n) is 17.2. The molecule has 2 aromatic carbocycles. The van der Waals surface area contributed by atoms with Gasteiger partial charge in [-0.3, -0.25) is 4.79 Å². The van der Waals surface area contributed by atoms with Gasteiger partial charge in [0.05, 0.1) is 6.10 Å². The number of carbonyl (C=O) groups is 2. The zero-order valence-corrected chi connectivity index (χ0v) is 17.2. The van der Waals surface area contributed by atoms with Crippen LogP contribution in [0.5, 0.6) is 0 Å². The molecule has 8 heteroatoms. The van der Waals surface area contributed by atoms with Gasteiger partial charge < -0.3 is 25.2 Å². The third-order valence-corrected chi connectivity index (χ3v) is 5.05. The molecule has 1 fully saturated rings. The molecule has 4 rings (SSSR count). The molecule has 31 heavy (non-hydrogen) atoms. The van der Waals surface area contributed by atoms with Crippen LogP contribution >= 0.6 is 0 Å². The van der Waals surface area contributed by atoms with E-state index in [2.05, 4.69) is 21.1 Å². The van der Waals surface area contributed by atoms with Gasteiger partial charge >= 0.3 is 6.03 Å². The molecule has 1 unspecified atom stereocenters. The van der Waals surface area contributed by atoms with Crippen molar-refractivity contribution in [2.24, 2.45) is 0 Å². The van der Waals surface area contributed by atoms with Crippen LogP contribution in [0.4, 0.5) is 16.2 Å². The highest BCUT2D eigenvalue weighted by atomic mass is 16.5. The van der Waals surface area contributed by atoms with Crippen molar-refractivity contribution in [1.29, 1.82) is 0 Å². The first-order chi connectivity index (χ1) is 15.1. The summed E-state index contributed by atoms with van der Waals surface area (Å²) in [7, 11) is 0. The van der Waals surface area contributed by atoms with Crippen LogP contribution in [0.25, 0.3) is 11.3 Å². The Morgan fingerprint density at radius 1 is 1.03 bits per heavy atom. The Hall–Kier alpha value is -3.65. The summed E-state index contributed by atoms with van der Waals surface area (Å²) in [6.45, 7) is 2.95. The summed E-state index contributed by atoms with van der Waals surface area (Å²) in [6.07, 6.45) is 2.08. The quantitative estimate of drug-likeness (QED) is 0.554. The third kappa shape index (κ3) is 5.10. The van der Waals surface area contributed by atoms with Crippen LogP contribution in [-0.4, -0.2) is 36.4 Å². The highest BCUT2D eigenvalue weighted by Crippen LogP contribution is 2.26. The molecule has 1 aliphatic heterocycles. The average molecular weight is 420 g/mol. The van der Waals surface area contributed by atoms with Gasteiger partial charge in [0.15, 0.2) is 0 Å². The molecular weight excluding hydrogens is 396 g/mol. The Labute approximate surface area is 180 Å². The second kappa shape index (κ2) is 9.44. The van der Waals surface area contributed by atoms with Gasteiger partial charge in [0.25, 0.3) is 5.91 Å². The average Bonchev–Trinajstić information content (AvgIpc) is 3.44. The maximum absolute atomic E-state index is 12.9. The lowest BCUT2D eigenvalue weighted by Gasteiger charge is -2.12. The third-order valence-electron chi connectivity index (χ3n) is 5.05. The van der Waals surface area contributed by atoms with E-state index in [1.165, 1.54) is 0 Å². The van der Waals surface area contributed by atoms with Crippen LogP contribution < -0.4 is 16.0 Å². The van der Waals surface area contributed by atoms with E-state index < -0.39 is 0 Å². The molecule has 1 atom stereocenters. The van der Waals surface area contributed by atoms with E-state index in [-0.39, 0.29) is 18.0 Å². The summed E-state index contributed by atoms with van der Waals surface area (Å²) >= 11 is 0. The number of aromatic nitrogens is 1. The number of hydrogen-bond acceptors (Lipinski definition) is 5. The van der Waals surface area contributed by atoms with Crippen LogP contribution in [0.1, 0.15) is 29.0 Å². The second-order valence-corrected chi connectivity index (χ2v) is 7.33. The Morgan fingerprint density at radius 2 is 1.74 bits per heavy atom. The number of hydrogen-bond donors (Lipinski definition) is 3. The number of anilines is 2. The van der Waals surface area contributed by atoms with Gasteiger partial charge in [0.1, 0.15) is 17.0 Å². The van der Waals surface area contributed by atoms with Crippen LogP contribution in [0.15, 0.2) is 59.1 Å². The first kappa shape index (κ1) is 20.6. The molecular formula is C23H24N4O4. The molecule has 0 aliphatic carbocycles. The van der Waals surface area contributed by atoms with E-state index in [4.69, 9.17) is 9.26 Å². The highest BCUT2D eigenvalue weighted by molar-refractivity contribution is 6.08. The Morgan fingerprint density at radius 3 is 2.42 bits per heavy atom. The summed E-state index contributed by atoms with van der Waals surface area (Å²) in [6, 6.07) is 16.0. The van der Waals surface area contributed by atoms with Gasteiger partial charge in [-0.1, -0.05) is 35.5 Å². The fraction of sp³-hybridized carbons (Fsp3) is 0.261. The van der Waals surface area contributed by atoms with Crippen molar-refractivity contribution >= 4 is 23.3 Å². The van der Waals surface area contributed by atoms with Gasteiger partial charge in [0, 0.05) is 30.1 Å². The predicted molar refractivity (Wildman–Crippen MR) is 117 cm³/mol. The summed E-state index contributed by atoms with van der Waals surface area (Å²) in [4.78, 5) is 24.9. The lowest BCUT2D eigenvalue weighted by atomic mass is 10.1. The minimum atomic E-state index is -0.312. The number of rotatable bonds is 6. The first-order valence-electron chi connectivity index (χ1n) is 10.2. The van der Waals surface area contributed by atoms with E-state index in [0.717, 1.165) is 25.0 Å². The molecule has 1 aliphatic rings. The van der Waals surface area contributed by atoms with Crippen molar-refractivity contribution in [3.63, 3.8) is 0 Å². The smallest absolute Gasteiger partial charge is 0.319 e. The molecule has 0 saturated carbocycles. The molecule has 160 valence electrons. The molecule has 1 saturated heterocycles. The molecule has 1 aromatic heterocycles. The number of urea groups is 1. The van der Waals surface area contributed by atoms with E-state index in [1.54, 1.807) is 31.2 Å². The largest absolute Gasteiger partial charge is 0.376 e. The van der Waals surface area contributed by atoms with E-state index in [0.29, 0.717) is 34.9 Å². The first-order valence-corrected chi connectivity index (χ1v) is 10.2. The molecule has 2 heterocycles. The highest BCUT2D eigenvalue weighted by Gasteiger charge is 2.21. The zero-order chi connectivity index (χ0) is 21.6. The van der Waals surface area contributed by atoms with Gasteiger partial charge in [-0.25, -0.2) is 4.79 Å². The number of aryl methyl sites for hydroxylation is 1. The van der Waals surface area contributed by atoms with Crippen LogP contribution in [-0.2, 0) is 4.74 Å². The Balaban J connectivity index is 1.36. The number of ether oxygens (including phenoxy) is 1. The summed E-state index contributed by atoms with van der Waals surface area (Å²) in [5.41, 5.74) is 2.90. The van der Waals surface area contributed by atoms with Gasteiger partial charge in [0.2, 0.25) is 0 Å². The van der Waals surface area contributed by atoms with Crippen molar-refractivity contribution < 1.29 is 18.8 Å². The van der Waals surface area contributed by atoms with Crippen molar-refractivity contribution in [3.05, 3.63) is 65.9 Å². The van der Waals surface area contributed by atoms with Crippen molar-refractivity contribution in [3.8, 4) is 11.3 Å². The number of carbonyl (C=O) groups excluding carboxylic acids is 2. The van der Waals surface area contributed by atoms with Crippen LogP contribution in [0.3, 0.4) is 0 Å². The summed E-state index contributed by atoms with van der Waals surface area (Å²) in [5.74, 6) is 0.130. The van der Waals surface area contributed by atoms with Crippen molar-refractivity contribution in [2.75, 3.05) is 23.8 Å². The van der Waals surface area contributed by atoms with Crippen LogP contribution in [0, 0.1) is 6.92 Å². The van der Waals surface area contributed by atoms with Crippen molar-refractivity contribution in [1.82, 2.24) is 10.5 Å². The minimum absolute atomic E-state index is 0.0879. The SMILES string of the molecule is Cc1onc(-c2ccccc2)c1C(=O)Nc1ccc(NC(=O)NCC2CCCO2)cc1. The molecule has 3 N–H and O–H groups in total. The number of benzene rings is 2. The Bertz CT molecular complexity index is 1040. The summed E-state index contributed by atoms with van der Waals surface area (Å²) in [5, 5.41) is 12.5. The second-order valence-electron chi connectivity index (χ2n) is 7.33. The minimum Gasteiger partial charge on any atom is -0.376 e. The molecule has 0 spiro atoms. The maximum Gasteiger partial charge on any atom is 0.319 e. The van der Waals surface area contributed by atoms with Gasteiger partial charge in [-0.2, -0.15) is 0 Å². The van der Waals surface area contributed by atoms with Crippen molar-refractivity contribution in [2.45, 2.75) is 25.9 Å². The maximum atomic E-state index is 12.9. The molecule has 3 amide bonds. The lowest BCUT2D eigenvalue weighted by Crippen LogP contribution is -2.35. The fourth-order valence-corrected chi connectivity index (χ4v) is 3.45. The van der Waals surface area contributed by atoms with Crippen LogP contribution in [0.2, 0.25) is 0 Å². The summed E-state index contributed by atoms with van der Waals surface area (Å²) < 4.78 is 10.7. The number of nitrogens with one attached hydrogen (secondary N) is 3. The monoisotopic (exact) mass is 420 g/mol.